The maximum Gasteiger partial charge on any atom is 0.328 e. The molecule has 1 saturated carbocycles. The minimum atomic E-state index is -1.24. The highest BCUT2D eigenvalue weighted by Crippen LogP contribution is 2.25. The second-order valence-electron chi connectivity index (χ2n) is 3.96. The van der Waals surface area contributed by atoms with Crippen molar-refractivity contribution in [3.63, 3.8) is 0 Å². The summed E-state index contributed by atoms with van der Waals surface area (Å²) in [5, 5.41) is 22.1. The Labute approximate surface area is 87.7 Å². The third-order valence-corrected chi connectivity index (χ3v) is 2.49. The van der Waals surface area contributed by atoms with E-state index in [1.54, 1.807) is 0 Å². The average Bonchev–Trinajstić information content (AvgIpc) is 2.11. The van der Waals surface area contributed by atoms with Crippen LogP contribution in [0.2, 0.25) is 0 Å². The Balaban J connectivity index is 2.25. The van der Waals surface area contributed by atoms with E-state index in [1.807, 2.05) is 0 Å². The van der Waals surface area contributed by atoms with Crippen LogP contribution in [0, 0.1) is 5.92 Å². The first-order valence-electron chi connectivity index (χ1n) is 4.93. The van der Waals surface area contributed by atoms with Crippen molar-refractivity contribution in [2.75, 3.05) is 6.61 Å². The average molecular weight is 216 g/mol. The Bertz CT molecular complexity index is 250. The largest absolute Gasteiger partial charge is 0.480 e. The van der Waals surface area contributed by atoms with Crippen LogP contribution in [0.15, 0.2) is 0 Å². The number of hydrogen-bond donors (Lipinski definition) is 4. The molecule has 0 saturated heterocycles. The highest BCUT2D eigenvalue weighted by molar-refractivity contribution is 5.82. The fourth-order valence-corrected chi connectivity index (χ4v) is 1.59. The molecule has 0 spiro atoms. The number of aliphatic hydroxyl groups is 1. The number of rotatable bonds is 4. The van der Waals surface area contributed by atoms with Crippen LogP contribution in [0.1, 0.15) is 19.8 Å². The number of carboxylic acid groups (broad SMARTS) is 1. The van der Waals surface area contributed by atoms with Crippen molar-refractivity contribution in [3.8, 4) is 0 Å². The summed E-state index contributed by atoms with van der Waals surface area (Å²) >= 11 is 0. The van der Waals surface area contributed by atoms with E-state index in [2.05, 4.69) is 17.6 Å². The van der Waals surface area contributed by atoms with Gasteiger partial charge in [0.25, 0.3) is 0 Å². The van der Waals surface area contributed by atoms with Gasteiger partial charge in [0.15, 0.2) is 6.04 Å². The number of nitrogens with one attached hydrogen (secondary N) is 2. The summed E-state index contributed by atoms with van der Waals surface area (Å²) in [4.78, 5) is 21.7. The minimum absolute atomic E-state index is 0.133. The highest BCUT2D eigenvalue weighted by Gasteiger charge is 2.27. The molecule has 0 aromatic carbocycles. The SMILES string of the molecule is CC1CC(NC(=O)N[C@@H](CO)C(=O)O)C1. The van der Waals surface area contributed by atoms with Crippen LogP contribution in [-0.2, 0) is 4.79 Å². The van der Waals surface area contributed by atoms with E-state index in [0.29, 0.717) is 5.92 Å². The van der Waals surface area contributed by atoms with Gasteiger partial charge in [0.05, 0.1) is 6.61 Å². The summed E-state index contributed by atoms with van der Waals surface area (Å²) in [7, 11) is 0. The summed E-state index contributed by atoms with van der Waals surface area (Å²) in [6, 6.07) is -1.64. The summed E-state index contributed by atoms with van der Waals surface area (Å²) < 4.78 is 0. The lowest BCUT2D eigenvalue weighted by molar-refractivity contribution is -0.140. The van der Waals surface area contributed by atoms with Gasteiger partial charge in [-0.1, -0.05) is 6.92 Å². The number of aliphatic hydroxyl groups excluding tert-OH is 1. The van der Waals surface area contributed by atoms with Crippen LogP contribution < -0.4 is 10.6 Å². The number of hydrogen-bond acceptors (Lipinski definition) is 3. The standard InChI is InChI=1S/C9H16N2O4/c1-5-2-6(3-5)10-9(15)11-7(4-12)8(13)14/h5-7,12H,2-4H2,1H3,(H,13,14)(H2,10,11,15)/t5?,6?,7-/m0/s1. The molecule has 0 unspecified atom stereocenters. The molecule has 0 heterocycles. The molecule has 2 amide bonds. The molecule has 1 aliphatic carbocycles. The lowest BCUT2D eigenvalue weighted by Gasteiger charge is -2.33. The molecule has 1 rings (SSSR count). The Morgan fingerprint density at radius 1 is 1.47 bits per heavy atom. The number of urea groups is 1. The zero-order chi connectivity index (χ0) is 11.4. The zero-order valence-electron chi connectivity index (χ0n) is 8.56. The van der Waals surface area contributed by atoms with Crippen molar-refractivity contribution in [1.82, 2.24) is 10.6 Å². The maximum absolute atomic E-state index is 11.2. The molecule has 6 nitrogen and oxygen atoms in total. The summed E-state index contributed by atoms with van der Waals surface area (Å²) in [6.07, 6.45) is 1.84. The quantitative estimate of drug-likeness (QED) is 0.510. The van der Waals surface area contributed by atoms with E-state index in [1.165, 1.54) is 0 Å². The van der Waals surface area contributed by atoms with E-state index in [-0.39, 0.29) is 6.04 Å². The molecule has 86 valence electrons. The van der Waals surface area contributed by atoms with Crippen LogP contribution in [-0.4, -0.2) is 40.9 Å². The van der Waals surface area contributed by atoms with Gasteiger partial charge in [0.2, 0.25) is 0 Å². The van der Waals surface area contributed by atoms with Gasteiger partial charge >= 0.3 is 12.0 Å². The molecule has 1 atom stereocenters. The van der Waals surface area contributed by atoms with Crippen LogP contribution >= 0.6 is 0 Å². The first kappa shape index (κ1) is 11.8. The van der Waals surface area contributed by atoms with Crippen LogP contribution in [0.4, 0.5) is 4.79 Å². The minimum Gasteiger partial charge on any atom is -0.480 e. The molecule has 0 radical (unpaired) electrons. The Kier molecular flexibility index (Phi) is 3.90. The fraction of sp³-hybridized carbons (Fsp3) is 0.778. The lowest BCUT2D eigenvalue weighted by Crippen LogP contribution is -2.53. The van der Waals surface area contributed by atoms with Crippen molar-refractivity contribution in [3.05, 3.63) is 0 Å². The van der Waals surface area contributed by atoms with Crippen molar-refractivity contribution in [2.45, 2.75) is 31.8 Å². The zero-order valence-corrected chi connectivity index (χ0v) is 8.56. The van der Waals surface area contributed by atoms with Gasteiger partial charge in [-0.25, -0.2) is 9.59 Å². The monoisotopic (exact) mass is 216 g/mol. The van der Waals surface area contributed by atoms with Gasteiger partial charge in [-0.3, -0.25) is 0 Å². The van der Waals surface area contributed by atoms with Gasteiger partial charge in [-0.15, -0.1) is 0 Å². The van der Waals surface area contributed by atoms with E-state index in [4.69, 9.17) is 10.2 Å². The second kappa shape index (κ2) is 4.97. The molecule has 0 aliphatic heterocycles. The third-order valence-electron chi connectivity index (χ3n) is 2.49. The second-order valence-corrected chi connectivity index (χ2v) is 3.96. The van der Waals surface area contributed by atoms with Gasteiger partial charge in [0, 0.05) is 6.04 Å². The summed E-state index contributed by atoms with van der Waals surface area (Å²) in [5.74, 6) is -0.627. The molecule has 0 aromatic rings. The smallest absolute Gasteiger partial charge is 0.328 e. The fourth-order valence-electron chi connectivity index (χ4n) is 1.59. The predicted octanol–water partition coefficient (Wildman–Crippen LogP) is -0.470. The normalized spacial score (nSPS) is 26.3. The van der Waals surface area contributed by atoms with Gasteiger partial charge in [-0.05, 0) is 18.8 Å². The molecular weight excluding hydrogens is 200 g/mol. The number of aliphatic carboxylic acids is 1. The summed E-state index contributed by atoms with van der Waals surface area (Å²) in [5.41, 5.74) is 0. The van der Waals surface area contributed by atoms with Crippen molar-refractivity contribution in [1.29, 1.82) is 0 Å². The molecule has 15 heavy (non-hydrogen) atoms. The van der Waals surface area contributed by atoms with Crippen LogP contribution in [0.3, 0.4) is 0 Å². The number of amides is 2. The lowest BCUT2D eigenvalue weighted by atomic mass is 9.82. The Morgan fingerprint density at radius 2 is 2.07 bits per heavy atom. The van der Waals surface area contributed by atoms with Crippen molar-refractivity contribution < 1.29 is 19.8 Å². The first-order chi connectivity index (χ1) is 7.02. The topological polar surface area (TPSA) is 98.7 Å². The number of carboxylic acids is 1. The van der Waals surface area contributed by atoms with Crippen LogP contribution in [0.5, 0.6) is 0 Å². The molecule has 1 aliphatic rings. The van der Waals surface area contributed by atoms with Gasteiger partial charge in [-0.2, -0.15) is 0 Å². The summed E-state index contributed by atoms with van der Waals surface area (Å²) in [6.45, 7) is 1.48. The molecule has 6 heteroatoms. The molecule has 0 bridgehead atoms. The van der Waals surface area contributed by atoms with Crippen molar-refractivity contribution >= 4 is 12.0 Å². The van der Waals surface area contributed by atoms with E-state index in [9.17, 15) is 9.59 Å². The molecule has 1 fully saturated rings. The first-order valence-corrected chi connectivity index (χ1v) is 4.93. The van der Waals surface area contributed by atoms with Crippen LogP contribution in [0.25, 0.3) is 0 Å². The highest BCUT2D eigenvalue weighted by atomic mass is 16.4. The Hall–Kier alpha value is -1.30. The predicted molar refractivity (Wildman–Crippen MR) is 52.4 cm³/mol. The number of carbonyl (C=O) groups is 2. The Morgan fingerprint density at radius 3 is 2.47 bits per heavy atom. The molecular formula is C9H16N2O4. The van der Waals surface area contributed by atoms with E-state index in [0.717, 1.165) is 12.8 Å². The molecule has 0 aromatic heterocycles. The maximum atomic E-state index is 11.2. The van der Waals surface area contributed by atoms with Gasteiger partial charge in [0.1, 0.15) is 0 Å². The third kappa shape index (κ3) is 3.39. The van der Waals surface area contributed by atoms with E-state index >= 15 is 0 Å². The molecule has 4 N–H and O–H groups in total. The van der Waals surface area contributed by atoms with Gasteiger partial charge < -0.3 is 20.8 Å². The number of carbonyl (C=O) groups excluding carboxylic acids is 1. The van der Waals surface area contributed by atoms with Crippen molar-refractivity contribution in [2.24, 2.45) is 5.92 Å². The van der Waals surface area contributed by atoms with E-state index < -0.39 is 24.6 Å².